The molecule has 7 heteroatoms. The lowest BCUT2D eigenvalue weighted by Crippen LogP contribution is -2.32. The van der Waals surface area contributed by atoms with Gasteiger partial charge in [-0.2, -0.15) is 0 Å². The lowest BCUT2D eigenvalue weighted by Gasteiger charge is -2.39. The molecule has 2 aliphatic rings. The summed E-state index contributed by atoms with van der Waals surface area (Å²) in [5, 5.41) is 7.15. The molecule has 0 bridgehead atoms. The van der Waals surface area contributed by atoms with Crippen LogP contribution in [0.15, 0.2) is 231 Å². The van der Waals surface area contributed by atoms with Gasteiger partial charge >= 0.3 is 0 Å². The van der Waals surface area contributed by atoms with Gasteiger partial charge < -0.3 is 13.9 Å². The first-order valence-corrected chi connectivity index (χ1v) is 24.1. The fraction of sp³-hybridized carbons (Fsp3) is 0.0156. The van der Waals surface area contributed by atoms with Gasteiger partial charge in [0.1, 0.15) is 11.5 Å². The summed E-state index contributed by atoms with van der Waals surface area (Å²) in [6.45, 7) is 0. The monoisotopic (exact) mass is 906 g/mol. The van der Waals surface area contributed by atoms with Gasteiger partial charge in [0, 0.05) is 61.4 Å². The van der Waals surface area contributed by atoms with Crippen LogP contribution in [-0.2, 0) is 5.41 Å². The van der Waals surface area contributed by atoms with Crippen LogP contribution in [0.1, 0.15) is 22.3 Å². The molecule has 1 unspecified atom stereocenters. The summed E-state index contributed by atoms with van der Waals surface area (Å²) in [6, 6.07) is 76.2. The Kier molecular flexibility index (Phi) is 7.69. The van der Waals surface area contributed by atoms with Crippen LogP contribution in [-0.4, -0.2) is 28.7 Å². The number of nitrogens with zero attached hydrogens (tertiary/aromatic N) is 6. The van der Waals surface area contributed by atoms with E-state index in [1.165, 1.54) is 26.9 Å². The molecule has 71 heavy (non-hydrogen) atoms. The van der Waals surface area contributed by atoms with Gasteiger partial charge in [-0.15, -0.1) is 0 Å². The highest BCUT2D eigenvalue weighted by Crippen LogP contribution is 2.62. The molecule has 0 N–H and O–H groups in total. The second-order valence-corrected chi connectivity index (χ2v) is 18.7. The Bertz CT molecular complexity index is 4490. The van der Waals surface area contributed by atoms with Crippen LogP contribution in [0.3, 0.4) is 0 Å². The smallest absolute Gasteiger partial charge is 0.162 e. The fourth-order valence-corrected chi connectivity index (χ4v) is 12.4. The average Bonchev–Trinajstić information content (AvgIpc) is 4.15. The van der Waals surface area contributed by atoms with E-state index in [2.05, 4.69) is 220 Å². The maximum Gasteiger partial charge on any atom is 0.162 e. The second kappa shape index (κ2) is 14.2. The van der Waals surface area contributed by atoms with Gasteiger partial charge in [0.2, 0.25) is 0 Å². The minimum Gasteiger partial charge on any atom is -0.457 e. The number of benzene rings is 8. The molecule has 14 aromatic rings. The molecular formula is C64H38N6O. The number of ether oxygens (including phenoxy) is 1. The molecule has 0 fully saturated rings. The van der Waals surface area contributed by atoms with Gasteiger partial charge in [0.15, 0.2) is 5.82 Å². The standard InChI is InChI=1S/C64H38N6O/c1-7-22-52-42(15-1)43-16-2-8-23-53(43)68(52)41-37-51-62(67-38-41)61-50(21-13-33-65-61)64(51)48-20-6-12-28-59(48)71-60-36-40(29-31-49(60)64)39-30-32-57-47(35-39)46-19-5-9-24-54(46)69(57)58-27-14-34-66-63(58)70-55-25-10-3-17-44(55)45-18-4-11-26-56(45)70/h1-38H. The number of rotatable bonds is 4. The third kappa shape index (κ3) is 5.08. The van der Waals surface area contributed by atoms with E-state index >= 15 is 0 Å². The number of hydrogen-bond acceptors (Lipinski definition) is 4. The third-order valence-electron chi connectivity index (χ3n) is 15.3. The molecule has 0 radical (unpaired) electrons. The zero-order valence-corrected chi connectivity index (χ0v) is 38.0. The Hall–Kier alpha value is -9.59. The van der Waals surface area contributed by atoms with Crippen molar-refractivity contribution in [1.29, 1.82) is 0 Å². The molecule has 1 aliphatic heterocycles. The van der Waals surface area contributed by atoms with E-state index in [9.17, 15) is 0 Å². The van der Waals surface area contributed by atoms with Crippen LogP contribution in [0, 0.1) is 0 Å². The van der Waals surface area contributed by atoms with E-state index in [1.54, 1.807) is 0 Å². The number of hydrogen-bond donors (Lipinski definition) is 0. The second-order valence-electron chi connectivity index (χ2n) is 18.7. The van der Waals surface area contributed by atoms with Crippen LogP contribution < -0.4 is 4.74 Å². The highest BCUT2D eigenvalue weighted by molar-refractivity contribution is 6.13. The molecule has 1 atom stereocenters. The van der Waals surface area contributed by atoms with Crippen molar-refractivity contribution in [2.45, 2.75) is 5.41 Å². The van der Waals surface area contributed by atoms with E-state index in [0.29, 0.717) is 0 Å². The van der Waals surface area contributed by atoms with E-state index in [4.69, 9.17) is 19.7 Å². The number of aromatic nitrogens is 6. The van der Waals surface area contributed by atoms with Gasteiger partial charge in [-0.1, -0.05) is 133 Å². The predicted octanol–water partition coefficient (Wildman–Crippen LogP) is 15.3. The van der Waals surface area contributed by atoms with Crippen molar-refractivity contribution in [3.05, 3.63) is 253 Å². The topological polar surface area (TPSA) is 62.7 Å². The van der Waals surface area contributed by atoms with Gasteiger partial charge in [-0.05, 0) is 95.6 Å². The van der Waals surface area contributed by atoms with Gasteiger partial charge in [0.25, 0.3) is 0 Å². The average molecular weight is 907 g/mol. The third-order valence-corrected chi connectivity index (χ3v) is 15.3. The van der Waals surface area contributed by atoms with Crippen molar-refractivity contribution in [1.82, 2.24) is 28.7 Å². The molecule has 0 amide bonds. The van der Waals surface area contributed by atoms with Crippen LogP contribution in [0.5, 0.6) is 11.5 Å². The summed E-state index contributed by atoms with van der Waals surface area (Å²) in [7, 11) is 0. The number of pyridine rings is 3. The largest absolute Gasteiger partial charge is 0.457 e. The van der Waals surface area contributed by atoms with Crippen molar-refractivity contribution < 1.29 is 4.74 Å². The minimum atomic E-state index is -0.751. The molecule has 0 saturated carbocycles. The van der Waals surface area contributed by atoms with Gasteiger partial charge in [0.05, 0.1) is 67.5 Å². The Morgan fingerprint density at radius 1 is 0.338 bits per heavy atom. The highest BCUT2D eigenvalue weighted by atomic mass is 16.5. The van der Waals surface area contributed by atoms with Gasteiger partial charge in [-0.3, -0.25) is 14.5 Å². The van der Waals surface area contributed by atoms with Crippen LogP contribution >= 0.6 is 0 Å². The maximum atomic E-state index is 7.04. The van der Waals surface area contributed by atoms with E-state index < -0.39 is 5.41 Å². The SMILES string of the molecule is c1ccc2c(c1)Oc1cc(-c3ccc4c(c3)c3ccccc3n4-c3cccnc3-n3c4ccccc4c4ccccc43)ccc1C21c2cccnc2-c2ncc(-n3c4ccccc4c4ccccc43)cc21. The quantitative estimate of drug-likeness (QED) is 0.176. The van der Waals surface area contributed by atoms with Crippen molar-refractivity contribution in [3.63, 3.8) is 0 Å². The first kappa shape index (κ1) is 38.4. The van der Waals surface area contributed by atoms with Crippen molar-refractivity contribution in [2.24, 2.45) is 0 Å². The van der Waals surface area contributed by atoms with Gasteiger partial charge in [-0.25, -0.2) is 4.98 Å². The molecule has 0 saturated heterocycles. The highest BCUT2D eigenvalue weighted by Gasteiger charge is 2.52. The summed E-state index contributed by atoms with van der Waals surface area (Å²) >= 11 is 0. The van der Waals surface area contributed by atoms with Crippen molar-refractivity contribution in [2.75, 3.05) is 0 Å². The van der Waals surface area contributed by atoms with E-state index in [1.807, 2.05) is 24.7 Å². The van der Waals surface area contributed by atoms with Crippen LogP contribution in [0.2, 0.25) is 0 Å². The molecular weight excluding hydrogens is 869 g/mol. The van der Waals surface area contributed by atoms with Crippen molar-refractivity contribution in [3.8, 4) is 51.2 Å². The molecule has 6 aromatic heterocycles. The molecule has 1 aliphatic carbocycles. The molecule has 1 spiro atoms. The zero-order valence-electron chi connectivity index (χ0n) is 38.0. The Morgan fingerprint density at radius 3 is 1.55 bits per heavy atom. The number of fused-ring (bicyclic) bond motifs is 18. The lowest BCUT2D eigenvalue weighted by molar-refractivity contribution is 0.436. The Morgan fingerprint density at radius 2 is 0.845 bits per heavy atom. The summed E-state index contributed by atoms with van der Waals surface area (Å²) in [5.41, 5.74) is 16.2. The summed E-state index contributed by atoms with van der Waals surface area (Å²) in [4.78, 5) is 15.5. The molecule has 8 aromatic carbocycles. The Labute approximate surface area is 406 Å². The fourth-order valence-electron chi connectivity index (χ4n) is 12.4. The Balaban J connectivity index is 0.886. The summed E-state index contributed by atoms with van der Waals surface area (Å²) < 4.78 is 14.1. The first-order valence-electron chi connectivity index (χ1n) is 24.1. The summed E-state index contributed by atoms with van der Waals surface area (Å²) in [6.07, 6.45) is 5.79. The molecule has 7 heterocycles. The number of para-hydroxylation sites is 6. The molecule has 330 valence electrons. The predicted molar refractivity (Wildman–Crippen MR) is 286 cm³/mol. The van der Waals surface area contributed by atoms with Crippen LogP contribution in [0.4, 0.5) is 0 Å². The van der Waals surface area contributed by atoms with E-state index in [0.717, 1.165) is 112 Å². The summed E-state index contributed by atoms with van der Waals surface area (Å²) in [5.74, 6) is 2.50. The van der Waals surface area contributed by atoms with Crippen molar-refractivity contribution >= 4 is 65.4 Å². The normalized spacial score (nSPS) is 14.6. The molecule has 16 rings (SSSR count). The van der Waals surface area contributed by atoms with Crippen LogP contribution in [0.25, 0.3) is 105 Å². The maximum absolute atomic E-state index is 7.04. The molecule has 7 nitrogen and oxygen atoms in total. The minimum absolute atomic E-state index is 0.751. The lowest BCUT2D eigenvalue weighted by atomic mass is 9.66. The first-order chi connectivity index (χ1) is 35.2. The zero-order chi connectivity index (χ0) is 46.4. The van der Waals surface area contributed by atoms with E-state index in [-0.39, 0.29) is 0 Å².